The van der Waals surface area contributed by atoms with Crippen LogP contribution in [0.15, 0.2) is 18.2 Å². The monoisotopic (exact) mass is 220 g/mol. The normalized spacial score (nSPS) is 13.6. The summed E-state index contributed by atoms with van der Waals surface area (Å²) in [6.07, 6.45) is 0. The van der Waals surface area contributed by atoms with Crippen LogP contribution in [0, 0.1) is 6.92 Å². The largest absolute Gasteiger partial charge is 0.383 e. The van der Waals surface area contributed by atoms with E-state index < -0.39 is 0 Å². The van der Waals surface area contributed by atoms with E-state index in [1.165, 1.54) is 16.8 Å². The molecule has 0 saturated heterocycles. The highest BCUT2D eigenvalue weighted by Crippen LogP contribution is 2.26. The van der Waals surface area contributed by atoms with E-state index in [1.807, 2.05) is 6.92 Å². The summed E-state index contributed by atoms with van der Waals surface area (Å²) < 4.78 is 0. The van der Waals surface area contributed by atoms with E-state index in [9.17, 15) is 0 Å². The molecule has 1 aromatic carbocycles. The van der Waals surface area contributed by atoms with Gasteiger partial charge in [-0.25, -0.2) is 0 Å². The molecule has 2 nitrogen and oxygen atoms in total. The smallest absolute Gasteiger partial charge is 0.0370 e. The van der Waals surface area contributed by atoms with Crippen LogP contribution in [-0.4, -0.2) is 12.6 Å². The molecule has 90 valence electrons. The zero-order valence-corrected chi connectivity index (χ0v) is 11.1. The summed E-state index contributed by atoms with van der Waals surface area (Å²) in [7, 11) is 0. The van der Waals surface area contributed by atoms with E-state index in [1.54, 1.807) is 0 Å². The molecular weight excluding hydrogens is 196 g/mol. The fourth-order valence-corrected chi connectivity index (χ4v) is 1.60. The summed E-state index contributed by atoms with van der Waals surface area (Å²) in [4.78, 5) is 0. The average molecular weight is 220 g/mol. The number of hydrogen-bond donors (Lipinski definition) is 2. The molecule has 0 radical (unpaired) electrons. The molecule has 2 heteroatoms. The van der Waals surface area contributed by atoms with E-state index >= 15 is 0 Å². The first-order chi connectivity index (χ1) is 7.30. The molecule has 1 atom stereocenters. The number of aryl methyl sites for hydroxylation is 1. The minimum Gasteiger partial charge on any atom is -0.383 e. The van der Waals surface area contributed by atoms with Crippen molar-refractivity contribution < 1.29 is 0 Å². The molecule has 0 aliphatic carbocycles. The van der Waals surface area contributed by atoms with Crippen LogP contribution in [0.3, 0.4) is 0 Å². The van der Waals surface area contributed by atoms with E-state index in [0.29, 0.717) is 0 Å². The number of hydrogen-bond acceptors (Lipinski definition) is 2. The third-order valence-corrected chi connectivity index (χ3v) is 2.71. The van der Waals surface area contributed by atoms with Gasteiger partial charge in [0, 0.05) is 18.3 Å². The zero-order valence-electron chi connectivity index (χ0n) is 11.1. The van der Waals surface area contributed by atoms with E-state index in [0.717, 1.165) is 6.54 Å². The molecule has 1 aromatic rings. The Balaban J connectivity index is 2.84. The summed E-state index contributed by atoms with van der Waals surface area (Å²) in [5.74, 6) is 0. The van der Waals surface area contributed by atoms with Crippen molar-refractivity contribution >= 4 is 5.69 Å². The van der Waals surface area contributed by atoms with Gasteiger partial charge in [-0.05, 0) is 36.5 Å². The van der Waals surface area contributed by atoms with Crippen LogP contribution in [0.5, 0.6) is 0 Å². The molecule has 16 heavy (non-hydrogen) atoms. The lowest BCUT2D eigenvalue weighted by molar-refractivity contribution is 0.590. The van der Waals surface area contributed by atoms with Gasteiger partial charge in [0.15, 0.2) is 0 Å². The Hall–Kier alpha value is -1.02. The van der Waals surface area contributed by atoms with Crippen molar-refractivity contribution in [3.8, 4) is 0 Å². The highest BCUT2D eigenvalue weighted by Gasteiger charge is 2.14. The lowest BCUT2D eigenvalue weighted by Gasteiger charge is -2.21. The molecule has 0 saturated carbocycles. The number of benzene rings is 1. The second-order valence-electron chi connectivity index (χ2n) is 5.64. The summed E-state index contributed by atoms with van der Waals surface area (Å²) in [5.41, 5.74) is 9.78. The van der Waals surface area contributed by atoms with Crippen molar-refractivity contribution in [2.24, 2.45) is 5.73 Å². The van der Waals surface area contributed by atoms with Gasteiger partial charge < -0.3 is 11.1 Å². The lowest BCUT2D eigenvalue weighted by Crippen LogP contribution is -2.25. The molecule has 1 unspecified atom stereocenters. The molecule has 0 fully saturated rings. The number of nitrogens with two attached hydrogens (primary N) is 1. The van der Waals surface area contributed by atoms with Crippen LogP contribution in [0.4, 0.5) is 5.69 Å². The summed E-state index contributed by atoms with van der Waals surface area (Å²) in [6.45, 7) is 11.7. The predicted octanol–water partition coefficient (Wildman–Crippen LogP) is 3.05. The van der Waals surface area contributed by atoms with Crippen LogP contribution in [0.2, 0.25) is 0 Å². The summed E-state index contributed by atoms with van der Waals surface area (Å²) >= 11 is 0. The maximum Gasteiger partial charge on any atom is 0.0370 e. The maximum absolute atomic E-state index is 5.73. The standard InChI is InChI=1S/C14H24N2/c1-10-8-12(14(3,4)5)6-7-13(10)16-9-11(2)15/h6-8,11,16H,9,15H2,1-5H3. The minimum absolute atomic E-state index is 0.182. The fourth-order valence-electron chi connectivity index (χ4n) is 1.60. The second-order valence-corrected chi connectivity index (χ2v) is 5.64. The Bertz CT molecular complexity index is 348. The minimum atomic E-state index is 0.182. The van der Waals surface area contributed by atoms with E-state index in [4.69, 9.17) is 5.73 Å². The van der Waals surface area contributed by atoms with Crippen LogP contribution in [0.25, 0.3) is 0 Å². The molecule has 0 heterocycles. The Morgan fingerprint density at radius 2 is 1.94 bits per heavy atom. The van der Waals surface area contributed by atoms with Gasteiger partial charge in [-0.15, -0.1) is 0 Å². The number of rotatable bonds is 3. The lowest BCUT2D eigenvalue weighted by atomic mass is 9.86. The van der Waals surface area contributed by atoms with Crippen LogP contribution >= 0.6 is 0 Å². The van der Waals surface area contributed by atoms with E-state index in [-0.39, 0.29) is 11.5 Å². The molecule has 0 aliphatic heterocycles. The first kappa shape index (κ1) is 13.0. The zero-order chi connectivity index (χ0) is 12.3. The van der Waals surface area contributed by atoms with Gasteiger partial charge in [-0.3, -0.25) is 0 Å². The van der Waals surface area contributed by atoms with Gasteiger partial charge >= 0.3 is 0 Å². The van der Waals surface area contributed by atoms with Gasteiger partial charge in [0.05, 0.1) is 0 Å². The van der Waals surface area contributed by atoms with Gasteiger partial charge in [-0.1, -0.05) is 32.9 Å². The Kier molecular flexibility index (Phi) is 3.98. The Morgan fingerprint density at radius 3 is 2.38 bits per heavy atom. The first-order valence-corrected chi connectivity index (χ1v) is 5.91. The van der Waals surface area contributed by atoms with Gasteiger partial charge in [0.2, 0.25) is 0 Å². The molecule has 0 aromatic heterocycles. The van der Waals surface area contributed by atoms with Crippen molar-refractivity contribution in [2.45, 2.75) is 46.1 Å². The van der Waals surface area contributed by atoms with E-state index in [2.05, 4.69) is 51.2 Å². The van der Waals surface area contributed by atoms with Crippen LogP contribution < -0.4 is 11.1 Å². The second kappa shape index (κ2) is 4.88. The SMILES string of the molecule is Cc1cc(C(C)(C)C)ccc1NCC(C)N. The van der Waals surface area contributed by atoms with Crippen molar-refractivity contribution in [1.29, 1.82) is 0 Å². The first-order valence-electron chi connectivity index (χ1n) is 5.91. The quantitative estimate of drug-likeness (QED) is 0.821. The van der Waals surface area contributed by atoms with Crippen LogP contribution in [0.1, 0.15) is 38.8 Å². The molecule has 0 bridgehead atoms. The molecule has 0 amide bonds. The predicted molar refractivity (Wildman–Crippen MR) is 72.0 cm³/mol. The van der Waals surface area contributed by atoms with Crippen molar-refractivity contribution in [1.82, 2.24) is 0 Å². The van der Waals surface area contributed by atoms with Crippen molar-refractivity contribution in [3.63, 3.8) is 0 Å². The van der Waals surface area contributed by atoms with Gasteiger partial charge in [0.25, 0.3) is 0 Å². The highest BCUT2D eigenvalue weighted by molar-refractivity contribution is 5.53. The molecule has 0 aliphatic rings. The Morgan fingerprint density at radius 1 is 1.31 bits per heavy atom. The molecular formula is C14H24N2. The molecule has 1 rings (SSSR count). The third-order valence-electron chi connectivity index (χ3n) is 2.71. The average Bonchev–Trinajstić information content (AvgIpc) is 2.14. The summed E-state index contributed by atoms with van der Waals surface area (Å²) in [5, 5.41) is 3.37. The fraction of sp³-hybridized carbons (Fsp3) is 0.571. The third kappa shape index (κ3) is 3.53. The van der Waals surface area contributed by atoms with Gasteiger partial charge in [0.1, 0.15) is 0 Å². The van der Waals surface area contributed by atoms with Crippen LogP contribution in [-0.2, 0) is 5.41 Å². The maximum atomic E-state index is 5.73. The van der Waals surface area contributed by atoms with Gasteiger partial charge in [-0.2, -0.15) is 0 Å². The molecule has 3 N–H and O–H groups in total. The topological polar surface area (TPSA) is 38.0 Å². The highest BCUT2D eigenvalue weighted by atomic mass is 14.9. The summed E-state index contributed by atoms with van der Waals surface area (Å²) in [6, 6.07) is 6.78. The Labute approximate surface area is 99.2 Å². The number of nitrogens with one attached hydrogen (secondary N) is 1. The van der Waals surface area contributed by atoms with Crippen molar-refractivity contribution in [2.75, 3.05) is 11.9 Å². The van der Waals surface area contributed by atoms with Crippen molar-refractivity contribution in [3.05, 3.63) is 29.3 Å². The molecule has 0 spiro atoms. The number of anilines is 1.